The van der Waals surface area contributed by atoms with E-state index in [2.05, 4.69) is 5.32 Å². The van der Waals surface area contributed by atoms with E-state index in [1.54, 1.807) is 4.90 Å². The molecular weight excluding hydrogens is 284 g/mol. The number of carbonyl (C=O) groups excluding carboxylic acids is 2. The van der Waals surface area contributed by atoms with Crippen LogP contribution in [0.2, 0.25) is 5.02 Å². The zero-order valence-corrected chi connectivity index (χ0v) is 12.0. The molecule has 2 amide bonds. The first kappa shape index (κ1) is 14.2. The van der Waals surface area contributed by atoms with Crippen LogP contribution >= 0.6 is 23.4 Å². The highest BCUT2D eigenvalue weighted by Gasteiger charge is 2.22. The Labute approximate surface area is 121 Å². The van der Waals surface area contributed by atoms with Crippen LogP contribution in [-0.2, 0) is 16.0 Å². The second-order valence-electron chi connectivity index (χ2n) is 4.30. The molecule has 0 unspecified atom stereocenters. The van der Waals surface area contributed by atoms with E-state index in [4.69, 9.17) is 11.6 Å². The maximum atomic E-state index is 11.7. The van der Waals surface area contributed by atoms with Crippen LogP contribution in [0.3, 0.4) is 0 Å². The highest BCUT2D eigenvalue weighted by molar-refractivity contribution is 8.00. The maximum Gasteiger partial charge on any atom is 0.239 e. The molecule has 1 aliphatic rings. The van der Waals surface area contributed by atoms with Gasteiger partial charge in [-0.3, -0.25) is 9.59 Å². The molecule has 0 spiro atoms. The molecule has 0 bridgehead atoms. The van der Waals surface area contributed by atoms with Crippen LogP contribution in [0, 0.1) is 0 Å². The van der Waals surface area contributed by atoms with Crippen LogP contribution in [0.4, 0.5) is 0 Å². The lowest BCUT2D eigenvalue weighted by molar-refractivity contribution is -0.132. The predicted octanol–water partition coefficient (Wildman–Crippen LogP) is 1.53. The van der Waals surface area contributed by atoms with Crippen LogP contribution in [-0.4, -0.2) is 41.4 Å². The minimum absolute atomic E-state index is 0.0397. The number of hydrogen-bond acceptors (Lipinski definition) is 3. The van der Waals surface area contributed by atoms with Gasteiger partial charge in [-0.2, -0.15) is 0 Å². The van der Waals surface area contributed by atoms with E-state index in [1.165, 1.54) is 11.8 Å². The third-order valence-electron chi connectivity index (χ3n) is 2.81. The lowest BCUT2D eigenvalue weighted by Crippen LogP contribution is -2.38. The SMILES string of the molecule is O=C(CN1CSCC1=O)NCCc1ccc(Cl)cc1. The van der Waals surface area contributed by atoms with Gasteiger partial charge in [-0.25, -0.2) is 0 Å². The monoisotopic (exact) mass is 298 g/mol. The Morgan fingerprint density at radius 1 is 1.37 bits per heavy atom. The van der Waals surface area contributed by atoms with Crippen LogP contribution in [0.1, 0.15) is 5.56 Å². The molecule has 4 nitrogen and oxygen atoms in total. The van der Waals surface area contributed by atoms with Crippen molar-refractivity contribution in [3.8, 4) is 0 Å². The van der Waals surface area contributed by atoms with Crippen LogP contribution in [0.15, 0.2) is 24.3 Å². The summed E-state index contributed by atoms with van der Waals surface area (Å²) in [6, 6.07) is 7.54. The summed E-state index contributed by atoms with van der Waals surface area (Å²) in [6.45, 7) is 0.724. The van der Waals surface area contributed by atoms with Gasteiger partial charge < -0.3 is 10.2 Å². The smallest absolute Gasteiger partial charge is 0.239 e. The summed E-state index contributed by atoms with van der Waals surface area (Å²) in [7, 11) is 0. The molecule has 0 aliphatic carbocycles. The number of rotatable bonds is 5. The van der Waals surface area contributed by atoms with Gasteiger partial charge in [0, 0.05) is 11.6 Å². The molecule has 1 aliphatic heterocycles. The fraction of sp³-hybridized carbons (Fsp3) is 0.385. The van der Waals surface area contributed by atoms with Crippen LogP contribution in [0.25, 0.3) is 0 Å². The molecule has 1 fully saturated rings. The zero-order valence-electron chi connectivity index (χ0n) is 10.4. The van der Waals surface area contributed by atoms with E-state index < -0.39 is 0 Å². The highest BCUT2D eigenvalue weighted by Crippen LogP contribution is 2.14. The molecule has 1 aromatic carbocycles. The van der Waals surface area contributed by atoms with Gasteiger partial charge in [0.15, 0.2) is 0 Å². The molecule has 1 aromatic rings. The van der Waals surface area contributed by atoms with Crippen molar-refractivity contribution < 1.29 is 9.59 Å². The molecule has 2 rings (SSSR count). The first-order chi connectivity index (χ1) is 9.15. The zero-order chi connectivity index (χ0) is 13.7. The lowest BCUT2D eigenvalue weighted by Gasteiger charge is -2.14. The molecule has 0 atom stereocenters. The Balaban J connectivity index is 1.69. The van der Waals surface area contributed by atoms with Crippen molar-refractivity contribution in [1.29, 1.82) is 0 Å². The molecule has 1 heterocycles. The summed E-state index contributed by atoms with van der Waals surface area (Å²) in [5, 5.41) is 3.52. The standard InChI is InChI=1S/C13H15ClN2O2S/c14-11-3-1-10(2-4-11)5-6-15-12(17)7-16-9-19-8-13(16)18/h1-4H,5-9H2,(H,15,17). The van der Waals surface area contributed by atoms with Crippen molar-refractivity contribution in [3.63, 3.8) is 0 Å². The highest BCUT2D eigenvalue weighted by atomic mass is 35.5. The Morgan fingerprint density at radius 2 is 2.11 bits per heavy atom. The third kappa shape index (κ3) is 4.44. The summed E-state index contributed by atoms with van der Waals surface area (Å²) in [4.78, 5) is 24.6. The van der Waals surface area contributed by atoms with Gasteiger partial charge in [-0.15, -0.1) is 11.8 Å². The van der Waals surface area contributed by atoms with E-state index in [0.717, 1.165) is 12.0 Å². The van der Waals surface area contributed by atoms with Crippen molar-refractivity contribution in [2.75, 3.05) is 24.7 Å². The summed E-state index contributed by atoms with van der Waals surface area (Å²) in [5.74, 6) is 1.03. The second-order valence-corrected chi connectivity index (χ2v) is 5.69. The molecule has 102 valence electrons. The molecule has 0 radical (unpaired) electrons. The Morgan fingerprint density at radius 3 is 2.74 bits per heavy atom. The van der Waals surface area contributed by atoms with Crippen molar-refractivity contribution in [2.24, 2.45) is 0 Å². The number of nitrogens with zero attached hydrogens (tertiary/aromatic N) is 1. The summed E-state index contributed by atoms with van der Waals surface area (Å²) >= 11 is 7.33. The average molecular weight is 299 g/mol. The van der Waals surface area contributed by atoms with Crippen LogP contribution in [0.5, 0.6) is 0 Å². The van der Waals surface area contributed by atoms with Crippen molar-refractivity contribution >= 4 is 35.2 Å². The number of nitrogens with one attached hydrogen (secondary N) is 1. The average Bonchev–Trinajstić information content (AvgIpc) is 2.78. The topological polar surface area (TPSA) is 49.4 Å². The molecule has 19 heavy (non-hydrogen) atoms. The summed E-state index contributed by atoms with van der Waals surface area (Å²) < 4.78 is 0. The third-order valence-corrected chi connectivity index (χ3v) is 4.01. The quantitative estimate of drug-likeness (QED) is 0.897. The fourth-order valence-corrected chi connectivity index (χ4v) is 2.80. The first-order valence-electron chi connectivity index (χ1n) is 6.02. The number of thioether (sulfide) groups is 1. The Hall–Kier alpha value is -1.20. The maximum absolute atomic E-state index is 11.7. The molecule has 0 saturated carbocycles. The van der Waals surface area contributed by atoms with E-state index in [0.29, 0.717) is 23.2 Å². The summed E-state index contributed by atoms with van der Waals surface area (Å²) in [6.07, 6.45) is 0.756. The Kier molecular flexibility index (Phi) is 5.10. The first-order valence-corrected chi connectivity index (χ1v) is 7.55. The van der Waals surface area contributed by atoms with Gasteiger partial charge in [0.25, 0.3) is 0 Å². The van der Waals surface area contributed by atoms with Crippen molar-refractivity contribution in [3.05, 3.63) is 34.9 Å². The second kappa shape index (κ2) is 6.82. The molecule has 1 N–H and O–H groups in total. The Bertz CT molecular complexity index is 464. The molecule has 1 saturated heterocycles. The van der Waals surface area contributed by atoms with Gasteiger partial charge in [0.2, 0.25) is 11.8 Å². The lowest BCUT2D eigenvalue weighted by atomic mass is 10.1. The number of benzene rings is 1. The number of hydrogen-bond donors (Lipinski definition) is 1. The number of halogens is 1. The van der Waals surface area contributed by atoms with Crippen molar-refractivity contribution in [1.82, 2.24) is 10.2 Å². The van der Waals surface area contributed by atoms with E-state index in [9.17, 15) is 9.59 Å². The van der Waals surface area contributed by atoms with Gasteiger partial charge >= 0.3 is 0 Å². The van der Waals surface area contributed by atoms with E-state index in [1.807, 2.05) is 24.3 Å². The normalized spacial score (nSPS) is 14.8. The van der Waals surface area contributed by atoms with Crippen LogP contribution < -0.4 is 5.32 Å². The minimum Gasteiger partial charge on any atom is -0.354 e. The van der Waals surface area contributed by atoms with Gasteiger partial charge in [-0.1, -0.05) is 23.7 Å². The molecule has 6 heteroatoms. The van der Waals surface area contributed by atoms with Gasteiger partial charge in [-0.05, 0) is 24.1 Å². The number of carbonyl (C=O) groups is 2. The van der Waals surface area contributed by atoms with Gasteiger partial charge in [0.05, 0.1) is 11.6 Å². The van der Waals surface area contributed by atoms with Crippen molar-refractivity contribution in [2.45, 2.75) is 6.42 Å². The minimum atomic E-state index is -0.107. The predicted molar refractivity (Wildman–Crippen MR) is 77.2 cm³/mol. The molecule has 0 aromatic heterocycles. The van der Waals surface area contributed by atoms with Gasteiger partial charge in [0.1, 0.15) is 6.54 Å². The van der Waals surface area contributed by atoms with E-state index in [-0.39, 0.29) is 18.4 Å². The fourth-order valence-electron chi connectivity index (χ4n) is 1.77. The molecular formula is C13H15ClN2O2S. The van der Waals surface area contributed by atoms with E-state index >= 15 is 0 Å². The largest absolute Gasteiger partial charge is 0.354 e. The number of amides is 2. The summed E-state index contributed by atoms with van der Waals surface area (Å²) in [5.41, 5.74) is 1.12.